The molecule has 1 atom stereocenters. The van der Waals surface area contributed by atoms with Crippen LogP contribution in [0.15, 0.2) is 45.0 Å². The van der Waals surface area contributed by atoms with Gasteiger partial charge in [0.2, 0.25) is 5.95 Å². The van der Waals surface area contributed by atoms with Crippen molar-refractivity contribution >= 4 is 22.8 Å². The fourth-order valence-corrected chi connectivity index (χ4v) is 3.01. The summed E-state index contributed by atoms with van der Waals surface area (Å²) in [6.45, 7) is 3.81. The number of aromatic nitrogens is 4. The van der Waals surface area contributed by atoms with Gasteiger partial charge in [0.1, 0.15) is 0 Å². The van der Waals surface area contributed by atoms with Gasteiger partial charge >= 0.3 is 5.69 Å². The van der Waals surface area contributed by atoms with E-state index in [2.05, 4.69) is 27.4 Å². The third-order valence-corrected chi connectivity index (χ3v) is 4.34. The lowest BCUT2D eigenvalue weighted by Gasteiger charge is -2.11. The molecule has 0 saturated heterocycles. The molecule has 2 heterocycles. The monoisotopic (exact) mass is 384 g/mol. The van der Waals surface area contributed by atoms with Crippen molar-refractivity contribution in [3.8, 4) is 0 Å². The Morgan fingerprint density at radius 1 is 1.32 bits per heavy atom. The van der Waals surface area contributed by atoms with Crippen LogP contribution in [0.2, 0.25) is 0 Å². The molecule has 2 aromatic heterocycles. The molecule has 0 bridgehead atoms. The first-order valence-electron chi connectivity index (χ1n) is 9.18. The standard InChI is InChI=1S/C19H24N6O3/c1-4-8-14(13-9-6-5-7-10-13)22-23-18-20-16-15(25(18)11-12(2)26)17(27)21-19(28)24(16)3/h5-7,9-10,12,26H,4,8,11H2,1-3H3,(H,20,23)(H,21,27,28)/b22-14-/t12-/m0/s1. The van der Waals surface area contributed by atoms with Gasteiger partial charge in [0, 0.05) is 7.05 Å². The van der Waals surface area contributed by atoms with Gasteiger partial charge in [0.15, 0.2) is 11.2 Å². The van der Waals surface area contributed by atoms with Crippen molar-refractivity contribution in [2.24, 2.45) is 12.1 Å². The van der Waals surface area contributed by atoms with E-state index in [9.17, 15) is 14.7 Å². The maximum absolute atomic E-state index is 12.4. The van der Waals surface area contributed by atoms with Crippen molar-refractivity contribution in [3.63, 3.8) is 0 Å². The van der Waals surface area contributed by atoms with Gasteiger partial charge in [-0.3, -0.25) is 14.3 Å². The molecule has 0 aliphatic rings. The zero-order valence-electron chi connectivity index (χ0n) is 16.1. The van der Waals surface area contributed by atoms with E-state index in [0.29, 0.717) is 0 Å². The molecule has 1 aromatic carbocycles. The number of hydrogen-bond donors (Lipinski definition) is 3. The average molecular weight is 384 g/mol. The zero-order chi connectivity index (χ0) is 20.3. The summed E-state index contributed by atoms with van der Waals surface area (Å²) < 4.78 is 2.80. The van der Waals surface area contributed by atoms with Crippen LogP contribution in [0.5, 0.6) is 0 Å². The number of aryl methyl sites for hydroxylation is 1. The number of H-pyrrole nitrogens is 1. The van der Waals surface area contributed by atoms with Gasteiger partial charge < -0.3 is 9.67 Å². The minimum absolute atomic E-state index is 0.129. The third-order valence-electron chi connectivity index (χ3n) is 4.34. The number of aromatic amines is 1. The highest BCUT2D eigenvalue weighted by Crippen LogP contribution is 2.17. The average Bonchev–Trinajstić information content (AvgIpc) is 3.02. The number of nitrogens with zero attached hydrogens (tertiary/aromatic N) is 4. The Morgan fingerprint density at radius 2 is 2.04 bits per heavy atom. The van der Waals surface area contributed by atoms with Gasteiger partial charge in [-0.25, -0.2) is 10.2 Å². The summed E-state index contributed by atoms with van der Waals surface area (Å²) in [6, 6.07) is 9.78. The highest BCUT2D eigenvalue weighted by Gasteiger charge is 2.18. The molecular formula is C19H24N6O3. The molecule has 3 aromatic rings. The highest BCUT2D eigenvalue weighted by atomic mass is 16.3. The lowest BCUT2D eigenvalue weighted by atomic mass is 10.1. The van der Waals surface area contributed by atoms with Gasteiger partial charge in [0.25, 0.3) is 5.56 Å². The normalized spacial score (nSPS) is 13.1. The van der Waals surface area contributed by atoms with Crippen molar-refractivity contribution in [3.05, 3.63) is 56.7 Å². The van der Waals surface area contributed by atoms with Crippen molar-refractivity contribution < 1.29 is 5.11 Å². The third kappa shape index (κ3) is 3.89. The maximum Gasteiger partial charge on any atom is 0.329 e. The van der Waals surface area contributed by atoms with Crippen LogP contribution in [-0.2, 0) is 13.6 Å². The molecule has 9 heteroatoms. The molecule has 28 heavy (non-hydrogen) atoms. The SMILES string of the molecule is CCC/C(=N/Nc1nc2c(c(=O)[nH]c(=O)n2C)n1C[C@H](C)O)c1ccccc1. The minimum Gasteiger partial charge on any atom is -0.392 e. The molecule has 3 rings (SSSR count). The summed E-state index contributed by atoms with van der Waals surface area (Å²) >= 11 is 0. The summed E-state index contributed by atoms with van der Waals surface area (Å²) in [5.41, 5.74) is 4.09. The molecule has 0 spiro atoms. The highest BCUT2D eigenvalue weighted by molar-refractivity contribution is 6.00. The Labute approximate surface area is 161 Å². The summed E-state index contributed by atoms with van der Waals surface area (Å²) in [4.78, 5) is 30.9. The minimum atomic E-state index is -0.720. The number of anilines is 1. The van der Waals surface area contributed by atoms with E-state index >= 15 is 0 Å². The Bertz CT molecular complexity index is 1110. The first-order chi connectivity index (χ1) is 13.4. The number of aliphatic hydroxyl groups is 1. The number of benzene rings is 1. The van der Waals surface area contributed by atoms with Gasteiger partial charge in [-0.2, -0.15) is 10.1 Å². The summed E-state index contributed by atoms with van der Waals surface area (Å²) in [5.74, 6) is 0.284. The lowest BCUT2D eigenvalue weighted by Crippen LogP contribution is -2.29. The van der Waals surface area contributed by atoms with Crippen molar-refractivity contribution in [1.82, 2.24) is 19.1 Å². The molecular weight excluding hydrogens is 360 g/mol. The van der Waals surface area contributed by atoms with E-state index in [1.165, 1.54) is 16.2 Å². The second kappa shape index (κ2) is 8.22. The first-order valence-corrected chi connectivity index (χ1v) is 9.18. The molecule has 0 amide bonds. The second-order valence-electron chi connectivity index (χ2n) is 6.67. The van der Waals surface area contributed by atoms with Gasteiger partial charge in [0.05, 0.1) is 18.4 Å². The van der Waals surface area contributed by atoms with Crippen LogP contribution >= 0.6 is 0 Å². The number of nitrogens with one attached hydrogen (secondary N) is 2. The Kier molecular flexibility index (Phi) is 5.74. The quantitative estimate of drug-likeness (QED) is 0.421. The van der Waals surface area contributed by atoms with Crippen LogP contribution < -0.4 is 16.7 Å². The Balaban J connectivity index is 2.11. The molecule has 0 radical (unpaired) electrons. The van der Waals surface area contributed by atoms with E-state index in [-0.39, 0.29) is 23.7 Å². The van der Waals surface area contributed by atoms with Crippen LogP contribution in [0.4, 0.5) is 5.95 Å². The van der Waals surface area contributed by atoms with Crippen LogP contribution in [-0.4, -0.2) is 36.0 Å². The molecule has 0 fully saturated rings. The first kappa shape index (κ1) is 19.6. The van der Waals surface area contributed by atoms with Crippen molar-refractivity contribution in [1.29, 1.82) is 0 Å². The van der Waals surface area contributed by atoms with E-state index in [4.69, 9.17) is 0 Å². The van der Waals surface area contributed by atoms with Crippen LogP contribution in [0.3, 0.4) is 0 Å². The van der Waals surface area contributed by atoms with Crippen LogP contribution in [0, 0.1) is 0 Å². The molecule has 9 nitrogen and oxygen atoms in total. The molecule has 0 aliphatic heterocycles. The van der Waals surface area contributed by atoms with E-state index in [0.717, 1.165) is 24.1 Å². The summed E-state index contributed by atoms with van der Waals surface area (Å²) in [6.07, 6.45) is 0.947. The molecule has 0 aliphatic carbocycles. The molecule has 148 valence electrons. The van der Waals surface area contributed by atoms with E-state index in [1.54, 1.807) is 6.92 Å². The smallest absolute Gasteiger partial charge is 0.329 e. The van der Waals surface area contributed by atoms with Gasteiger partial charge in [-0.05, 0) is 18.9 Å². The predicted octanol–water partition coefficient (Wildman–Crippen LogP) is 1.42. The lowest BCUT2D eigenvalue weighted by molar-refractivity contribution is 0.175. The molecule has 0 saturated carbocycles. The number of aliphatic hydroxyl groups excluding tert-OH is 1. The van der Waals surface area contributed by atoms with E-state index in [1.807, 2.05) is 30.3 Å². The van der Waals surface area contributed by atoms with Crippen molar-refractivity contribution in [2.45, 2.75) is 39.3 Å². The van der Waals surface area contributed by atoms with Gasteiger partial charge in [-0.15, -0.1) is 0 Å². The van der Waals surface area contributed by atoms with Crippen LogP contribution in [0.1, 0.15) is 32.3 Å². The number of fused-ring (bicyclic) bond motifs is 1. The number of imidazole rings is 1. The topological polar surface area (TPSA) is 117 Å². The zero-order valence-corrected chi connectivity index (χ0v) is 16.1. The van der Waals surface area contributed by atoms with Crippen LogP contribution in [0.25, 0.3) is 11.2 Å². The Hall–Kier alpha value is -3.20. The fraction of sp³-hybridized carbons (Fsp3) is 0.368. The summed E-state index contributed by atoms with van der Waals surface area (Å²) in [5, 5.41) is 14.4. The van der Waals surface area contributed by atoms with E-state index < -0.39 is 17.4 Å². The largest absolute Gasteiger partial charge is 0.392 e. The Morgan fingerprint density at radius 3 is 2.68 bits per heavy atom. The van der Waals surface area contributed by atoms with Crippen molar-refractivity contribution in [2.75, 3.05) is 5.43 Å². The fourth-order valence-electron chi connectivity index (χ4n) is 3.01. The maximum atomic E-state index is 12.4. The molecule has 0 unspecified atom stereocenters. The molecule has 3 N–H and O–H groups in total. The number of hydrogen-bond acceptors (Lipinski definition) is 6. The number of rotatable bonds is 7. The van der Waals surface area contributed by atoms with Gasteiger partial charge in [-0.1, -0.05) is 43.7 Å². The number of hydrazone groups is 1. The predicted molar refractivity (Wildman–Crippen MR) is 109 cm³/mol. The second-order valence-corrected chi connectivity index (χ2v) is 6.67. The summed E-state index contributed by atoms with van der Waals surface area (Å²) in [7, 11) is 1.53.